The van der Waals surface area contributed by atoms with E-state index in [1.54, 1.807) is 0 Å². The molecule has 0 aliphatic rings. The van der Waals surface area contributed by atoms with Crippen molar-refractivity contribution in [3.8, 4) is 67.8 Å². The van der Waals surface area contributed by atoms with Gasteiger partial charge in [-0.2, -0.15) is 0 Å². The van der Waals surface area contributed by atoms with Gasteiger partial charge in [0.1, 0.15) is 11.6 Å². The van der Waals surface area contributed by atoms with Gasteiger partial charge in [-0.15, -0.1) is 0 Å². The van der Waals surface area contributed by atoms with Crippen molar-refractivity contribution in [1.29, 1.82) is 0 Å². The van der Waals surface area contributed by atoms with E-state index >= 15 is 0 Å². The SMILES string of the molecule is Cc1ccc(-c2nc(-c3cccc(I)c3)c(-c3ccc(-c4nc(-c5ccc(C)cc5)[nH]c4-c4cccc(I)c4)cc3)[nH]2)cc1. The summed E-state index contributed by atoms with van der Waals surface area (Å²) in [4.78, 5) is 17.5. The zero-order valence-corrected chi connectivity index (χ0v) is 28.5. The van der Waals surface area contributed by atoms with Gasteiger partial charge >= 0.3 is 0 Å². The van der Waals surface area contributed by atoms with Crippen LogP contribution in [0.4, 0.5) is 0 Å². The van der Waals surface area contributed by atoms with Gasteiger partial charge in [0.25, 0.3) is 0 Å². The van der Waals surface area contributed by atoms with Crippen molar-refractivity contribution in [3.63, 3.8) is 0 Å². The number of aromatic amines is 2. The molecule has 2 aromatic heterocycles. The van der Waals surface area contributed by atoms with E-state index in [4.69, 9.17) is 9.97 Å². The van der Waals surface area contributed by atoms with Gasteiger partial charge in [0.2, 0.25) is 0 Å². The molecule has 0 saturated carbocycles. The first kappa shape index (κ1) is 28.7. The molecule has 7 aromatic rings. The highest BCUT2D eigenvalue weighted by atomic mass is 127. The van der Waals surface area contributed by atoms with Crippen molar-refractivity contribution in [3.05, 3.63) is 140 Å². The molecule has 6 heteroatoms. The molecular weight excluding hydrogens is 766 g/mol. The Balaban J connectivity index is 1.33. The van der Waals surface area contributed by atoms with Crippen LogP contribution in [0, 0.1) is 21.0 Å². The highest BCUT2D eigenvalue weighted by Gasteiger charge is 2.19. The van der Waals surface area contributed by atoms with E-state index in [0.717, 1.165) is 67.8 Å². The van der Waals surface area contributed by atoms with Gasteiger partial charge in [-0.25, -0.2) is 9.97 Å². The second-order valence-electron chi connectivity index (χ2n) is 10.9. The number of benzene rings is 5. The average molecular weight is 794 g/mol. The first-order valence-corrected chi connectivity index (χ1v) is 16.5. The lowest BCUT2D eigenvalue weighted by Gasteiger charge is -2.07. The first-order chi connectivity index (χ1) is 21.4. The third-order valence-electron chi connectivity index (χ3n) is 7.72. The number of aryl methyl sites for hydroxylation is 2. The predicted molar refractivity (Wildman–Crippen MR) is 198 cm³/mol. The lowest BCUT2D eigenvalue weighted by Crippen LogP contribution is -1.87. The molecule has 0 bridgehead atoms. The van der Waals surface area contributed by atoms with E-state index < -0.39 is 0 Å². The Morgan fingerprint density at radius 1 is 0.432 bits per heavy atom. The van der Waals surface area contributed by atoms with E-state index in [2.05, 4.69) is 190 Å². The number of imidazole rings is 2. The van der Waals surface area contributed by atoms with Crippen LogP contribution in [0.3, 0.4) is 0 Å². The molecule has 4 nitrogen and oxygen atoms in total. The molecule has 0 saturated heterocycles. The van der Waals surface area contributed by atoms with Crippen molar-refractivity contribution < 1.29 is 0 Å². The summed E-state index contributed by atoms with van der Waals surface area (Å²) in [6.45, 7) is 4.20. The van der Waals surface area contributed by atoms with Crippen molar-refractivity contribution in [2.75, 3.05) is 0 Å². The molecule has 2 N–H and O–H groups in total. The minimum absolute atomic E-state index is 0.856. The van der Waals surface area contributed by atoms with E-state index in [1.165, 1.54) is 18.3 Å². The number of H-pyrrole nitrogens is 2. The van der Waals surface area contributed by atoms with Gasteiger partial charge in [-0.1, -0.05) is 108 Å². The van der Waals surface area contributed by atoms with Crippen LogP contribution in [0.1, 0.15) is 11.1 Å². The smallest absolute Gasteiger partial charge is 0.138 e. The van der Waals surface area contributed by atoms with Crippen LogP contribution in [-0.2, 0) is 0 Å². The highest BCUT2D eigenvalue weighted by molar-refractivity contribution is 14.1. The molecule has 0 unspecified atom stereocenters. The normalized spacial score (nSPS) is 11.2. The van der Waals surface area contributed by atoms with Gasteiger partial charge in [0.05, 0.1) is 22.8 Å². The molecule has 5 aromatic carbocycles. The second kappa shape index (κ2) is 12.2. The zero-order chi connectivity index (χ0) is 30.2. The minimum atomic E-state index is 0.856. The molecule has 0 spiro atoms. The van der Waals surface area contributed by atoms with Crippen LogP contribution in [0.5, 0.6) is 0 Å². The minimum Gasteiger partial charge on any atom is -0.337 e. The molecule has 0 fully saturated rings. The highest BCUT2D eigenvalue weighted by Crippen LogP contribution is 2.37. The molecule has 7 rings (SSSR count). The summed E-state index contributed by atoms with van der Waals surface area (Å²) >= 11 is 4.72. The number of halogens is 2. The summed E-state index contributed by atoms with van der Waals surface area (Å²) in [5.74, 6) is 1.71. The maximum Gasteiger partial charge on any atom is 0.138 e. The molecule has 44 heavy (non-hydrogen) atoms. The maximum absolute atomic E-state index is 5.14. The fraction of sp³-hybridized carbons (Fsp3) is 0.0526. The topological polar surface area (TPSA) is 57.4 Å². The van der Waals surface area contributed by atoms with Gasteiger partial charge in [0.15, 0.2) is 0 Å². The number of nitrogens with zero attached hydrogens (tertiary/aromatic N) is 2. The number of nitrogens with one attached hydrogen (secondary N) is 2. The van der Waals surface area contributed by atoms with E-state index in [0.29, 0.717) is 0 Å². The predicted octanol–water partition coefficient (Wildman–Crippen LogP) is 11.0. The van der Waals surface area contributed by atoms with Crippen LogP contribution in [-0.4, -0.2) is 19.9 Å². The summed E-state index contributed by atoms with van der Waals surface area (Å²) in [6, 6.07) is 42.6. The molecule has 0 atom stereocenters. The summed E-state index contributed by atoms with van der Waals surface area (Å²) in [5.41, 5.74) is 12.8. The Hall–Kier alpha value is -4.02. The van der Waals surface area contributed by atoms with E-state index in [1.807, 2.05) is 0 Å². The molecule has 214 valence electrons. The summed E-state index contributed by atoms with van der Waals surface area (Å²) in [7, 11) is 0. The lowest BCUT2D eigenvalue weighted by atomic mass is 10.0. The molecule has 0 aliphatic heterocycles. The van der Waals surface area contributed by atoms with Crippen LogP contribution in [0.15, 0.2) is 121 Å². The summed E-state index contributed by atoms with van der Waals surface area (Å²) in [6.07, 6.45) is 0. The number of hydrogen-bond acceptors (Lipinski definition) is 2. The number of hydrogen-bond donors (Lipinski definition) is 2. The maximum atomic E-state index is 5.14. The molecule has 2 heterocycles. The van der Waals surface area contributed by atoms with Gasteiger partial charge in [-0.05, 0) is 83.3 Å². The zero-order valence-electron chi connectivity index (χ0n) is 24.2. The average Bonchev–Trinajstić information content (AvgIpc) is 3.68. The standard InChI is InChI=1S/C38H28I2N4/c1-23-9-13-27(14-10-23)37-41-33(35(43-37)29-5-3-7-31(39)21-29)25-17-19-26(20-18-25)34-36(30-6-4-8-32(40)22-30)44-38(42-34)28-15-11-24(2)12-16-28/h3-22H,1-2H3,(H,41,43)(H,42,44). The Morgan fingerprint density at radius 3 is 1.36 bits per heavy atom. The molecule has 0 aliphatic carbocycles. The van der Waals surface area contributed by atoms with E-state index in [-0.39, 0.29) is 0 Å². The fourth-order valence-electron chi connectivity index (χ4n) is 5.35. The van der Waals surface area contributed by atoms with Crippen molar-refractivity contribution >= 4 is 45.2 Å². The summed E-state index contributed by atoms with van der Waals surface area (Å²) < 4.78 is 2.35. The molecule has 0 radical (unpaired) electrons. The van der Waals surface area contributed by atoms with Crippen LogP contribution in [0.25, 0.3) is 67.8 Å². The molecule has 0 amide bonds. The van der Waals surface area contributed by atoms with Crippen LogP contribution in [0.2, 0.25) is 0 Å². The second-order valence-corrected chi connectivity index (χ2v) is 13.4. The Kier molecular flexibility index (Phi) is 7.95. The Bertz CT molecular complexity index is 1940. The van der Waals surface area contributed by atoms with Gasteiger partial charge in [0, 0.05) is 40.5 Å². The van der Waals surface area contributed by atoms with Gasteiger partial charge in [-0.3, -0.25) is 0 Å². The third-order valence-corrected chi connectivity index (χ3v) is 9.06. The van der Waals surface area contributed by atoms with Crippen LogP contribution < -0.4 is 0 Å². The largest absolute Gasteiger partial charge is 0.337 e. The number of aromatic nitrogens is 4. The van der Waals surface area contributed by atoms with Crippen molar-refractivity contribution in [2.24, 2.45) is 0 Å². The van der Waals surface area contributed by atoms with Crippen molar-refractivity contribution in [2.45, 2.75) is 13.8 Å². The van der Waals surface area contributed by atoms with Crippen LogP contribution >= 0.6 is 45.2 Å². The van der Waals surface area contributed by atoms with Gasteiger partial charge < -0.3 is 9.97 Å². The number of rotatable bonds is 6. The van der Waals surface area contributed by atoms with Crippen molar-refractivity contribution in [1.82, 2.24) is 19.9 Å². The quantitative estimate of drug-likeness (QED) is 0.165. The Labute approximate surface area is 284 Å². The third kappa shape index (κ3) is 5.88. The lowest BCUT2D eigenvalue weighted by molar-refractivity contribution is 1.30. The van der Waals surface area contributed by atoms with E-state index in [9.17, 15) is 0 Å². The Morgan fingerprint density at radius 2 is 0.841 bits per heavy atom. The monoisotopic (exact) mass is 794 g/mol. The fourth-order valence-corrected chi connectivity index (χ4v) is 6.44. The molecular formula is C38H28I2N4. The first-order valence-electron chi connectivity index (χ1n) is 14.4. The summed E-state index contributed by atoms with van der Waals surface area (Å²) in [5, 5.41) is 0.